The van der Waals surface area contributed by atoms with E-state index in [4.69, 9.17) is 43.6 Å². The third-order valence-electron chi connectivity index (χ3n) is 14.3. The van der Waals surface area contributed by atoms with Crippen molar-refractivity contribution in [2.45, 2.75) is 63.6 Å². The molecule has 368 valence electrons. The highest BCUT2D eigenvalue weighted by molar-refractivity contribution is 6.35. The molecule has 5 aliphatic rings. The molecule has 9 rings (SSSR count). The topological polar surface area (TPSA) is 194 Å². The zero-order valence-corrected chi connectivity index (χ0v) is 41.2. The van der Waals surface area contributed by atoms with Crippen LogP contribution in [0.4, 0.5) is 17.2 Å². The number of carbonyl (C=O) groups excluding carboxylic acids is 4. The Morgan fingerprint density at radius 2 is 1.64 bits per heavy atom. The molecule has 1 spiro atoms. The normalized spacial score (nSPS) is 19.3. The number of amides is 3. The Morgan fingerprint density at radius 1 is 0.928 bits per heavy atom. The lowest BCUT2D eigenvalue weighted by Gasteiger charge is -2.61. The maximum absolute atomic E-state index is 13.6. The molecule has 4 fully saturated rings. The smallest absolute Gasteiger partial charge is 0.236 e. The Bertz CT molecular complexity index is 2430. The molecule has 1 unspecified atom stereocenters. The summed E-state index contributed by atoms with van der Waals surface area (Å²) in [5.41, 5.74) is 13.6. The van der Waals surface area contributed by atoms with Crippen LogP contribution in [-0.2, 0) is 25.7 Å². The number of benzene rings is 2. The lowest BCUT2D eigenvalue weighted by molar-refractivity contribution is -0.152. The molecule has 17 nitrogen and oxygen atoms in total. The van der Waals surface area contributed by atoms with E-state index in [2.05, 4.69) is 66.6 Å². The lowest BCUT2D eigenvalue weighted by atomic mass is 9.72. The fraction of sp³-hybridized carbons (Fsp3) is 0.480. The van der Waals surface area contributed by atoms with E-state index in [0.717, 1.165) is 86.0 Å². The van der Waals surface area contributed by atoms with Gasteiger partial charge in [0.1, 0.15) is 24.5 Å². The second-order valence-corrected chi connectivity index (χ2v) is 19.9. The number of nitrogens with zero attached hydrogens (tertiary/aromatic N) is 7. The fourth-order valence-electron chi connectivity index (χ4n) is 10.5. The minimum Gasteiger partial charge on any atom is -0.486 e. The minimum atomic E-state index is -0.374. The van der Waals surface area contributed by atoms with Crippen molar-refractivity contribution in [1.82, 2.24) is 40.7 Å². The molecule has 2 aromatic heterocycles. The number of hydrazine groups is 2. The second kappa shape index (κ2) is 22.0. The first-order chi connectivity index (χ1) is 33.4. The Hall–Kier alpha value is -5.56. The highest BCUT2D eigenvalue weighted by atomic mass is 35.5. The highest BCUT2D eigenvalue weighted by Crippen LogP contribution is 2.44. The van der Waals surface area contributed by atoms with E-state index in [9.17, 15) is 14.4 Å². The van der Waals surface area contributed by atoms with E-state index in [1.54, 1.807) is 17.4 Å². The average Bonchev–Trinajstić information content (AvgIpc) is 3.76. The molecule has 0 saturated carbocycles. The van der Waals surface area contributed by atoms with Gasteiger partial charge in [-0.1, -0.05) is 41.4 Å². The molecular formula is C50H64Cl2N12O5. The minimum absolute atomic E-state index is 0.00176. The van der Waals surface area contributed by atoms with Crippen molar-refractivity contribution in [3.63, 3.8) is 0 Å². The number of fused-ring (bicyclic) bond motifs is 1. The molecule has 0 aliphatic carbocycles. The van der Waals surface area contributed by atoms with Crippen molar-refractivity contribution in [2.24, 2.45) is 17.2 Å². The van der Waals surface area contributed by atoms with E-state index >= 15 is 0 Å². The highest BCUT2D eigenvalue weighted by Gasteiger charge is 2.54. The van der Waals surface area contributed by atoms with Crippen molar-refractivity contribution in [3.8, 4) is 5.75 Å². The quantitative estimate of drug-likeness (QED) is 0.0784. The summed E-state index contributed by atoms with van der Waals surface area (Å²) in [6.45, 7) is 11.6. The summed E-state index contributed by atoms with van der Waals surface area (Å²) < 4.78 is 6.28. The predicted molar refractivity (Wildman–Crippen MR) is 268 cm³/mol. The van der Waals surface area contributed by atoms with Gasteiger partial charge in [0.2, 0.25) is 17.7 Å². The number of carbonyl (C=O) groups is 4. The van der Waals surface area contributed by atoms with E-state index in [-0.39, 0.29) is 41.2 Å². The summed E-state index contributed by atoms with van der Waals surface area (Å²) in [6, 6.07) is 16.4. The van der Waals surface area contributed by atoms with Gasteiger partial charge < -0.3 is 45.3 Å². The molecule has 69 heavy (non-hydrogen) atoms. The van der Waals surface area contributed by atoms with Crippen LogP contribution in [0.15, 0.2) is 67.1 Å². The number of hydrogen-bond acceptors (Lipinski definition) is 14. The Morgan fingerprint density at radius 3 is 2.30 bits per heavy atom. The van der Waals surface area contributed by atoms with Crippen molar-refractivity contribution in [1.29, 1.82) is 0 Å². The molecule has 2 atom stereocenters. The van der Waals surface area contributed by atoms with Crippen LogP contribution >= 0.6 is 23.2 Å². The first-order valence-corrected chi connectivity index (χ1v) is 24.5. The number of aromatic nitrogens is 2. The number of ether oxygens (including phenoxy) is 1. The predicted octanol–water partition coefficient (Wildman–Crippen LogP) is 5.06. The van der Waals surface area contributed by atoms with Crippen LogP contribution < -0.4 is 42.0 Å². The molecule has 4 saturated heterocycles. The van der Waals surface area contributed by atoms with Gasteiger partial charge in [0.25, 0.3) is 0 Å². The number of anilines is 3. The third kappa shape index (κ3) is 11.2. The van der Waals surface area contributed by atoms with Crippen LogP contribution in [0.5, 0.6) is 5.75 Å². The number of likely N-dealkylation sites (tertiary alicyclic amines) is 3. The van der Waals surface area contributed by atoms with Gasteiger partial charge in [0, 0.05) is 107 Å². The van der Waals surface area contributed by atoms with Crippen LogP contribution in [-0.4, -0.2) is 129 Å². The molecule has 6 N–H and O–H groups in total. The van der Waals surface area contributed by atoms with Gasteiger partial charge >= 0.3 is 0 Å². The van der Waals surface area contributed by atoms with Crippen molar-refractivity contribution in [3.05, 3.63) is 105 Å². The SMILES string of the molecule is C=O.CNCCC(=O)NCc1ccc(C2CCN(CC(=O)N3CCC(C(=O)N4CC5(C4)CN(c4ccc(C6NNc7ccc(O[C@H](C)c8c(Cl)cncc8Cl)cc76)cn4)C5)CC3)CC2)cc1N(C)N. The van der Waals surface area contributed by atoms with Gasteiger partial charge in [-0.3, -0.25) is 24.3 Å². The lowest BCUT2D eigenvalue weighted by Crippen LogP contribution is -2.73. The molecule has 7 heterocycles. The van der Waals surface area contributed by atoms with Crippen molar-refractivity contribution in [2.75, 3.05) is 94.9 Å². The summed E-state index contributed by atoms with van der Waals surface area (Å²) >= 11 is 12.8. The number of hydrogen-bond donors (Lipinski definition) is 5. The van der Waals surface area contributed by atoms with E-state index in [1.165, 1.54) is 5.56 Å². The number of nitrogens with two attached hydrogens (primary N) is 1. The van der Waals surface area contributed by atoms with Gasteiger partial charge in [-0.25, -0.2) is 16.3 Å². The van der Waals surface area contributed by atoms with Crippen molar-refractivity contribution >= 4 is 64.9 Å². The molecule has 3 amide bonds. The van der Waals surface area contributed by atoms with E-state index in [0.29, 0.717) is 79.3 Å². The number of piperidine rings is 2. The number of pyridine rings is 2. The van der Waals surface area contributed by atoms with Gasteiger partial charge in [-0.15, -0.1) is 0 Å². The molecule has 0 radical (unpaired) electrons. The molecule has 5 aliphatic heterocycles. The van der Waals surface area contributed by atoms with Gasteiger partial charge in [-0.2, -0.15) is 0 Å². The van der Waals surface area contributed by atoms with Gasteiger partial charge in [0.15, 0.2) is 0 Å². The Balaban J connectivity index is 0.00000317. The average molecular weight is 984 g/mol. The standard InChI is InChI=1S/C49H62Cl2N12O4.CH2O/c1-31(46-39(50)24-54-25-40(46)51)67-37-7-8-41-38(21-37)47(58-57-41)36-6-9-43(55-23-36)62-27-49(28-62)29-63(30-49)48(66)33-13-18-61(19-14-33)45(65)26-60-16-11-32(12-17-60)34-4-5-35(42(20-34)59(3)52)22-56-44(64)10-15-53-2;1-2/h4-9,20-21,23-25,31-33,47,53,57-58H,10-19,22,26-30,52H2,1-3H3,(H,56,64);1H2/t31-,47?;/m1./s1. The summed E-state index contributed by atoms with van der Waals surface area (Å²) in [4.78, 5) is 64.7. The van der Waals surface area contributed by atoms with E-state index < -0.39 is 0 Å². The monoisotopic (exact) mass is 982 g/mol. The first kappa shape index (κ1) is 49.8. The summed E-state index contributed by atoms with van der Waals surface area (Å²) in [5.74, 6) is 8.58. The summed E-state index contributed by atoms with van der Waals surface area (Å²) in [7, 11) is 3.65. The molecule has 2 aromatic carbocycles. The van der Waals surface area contributed by atoms with Crippen LogP contribution in [0, 0.1) is 11.3 Å². The van der Waals surface area contributed by atoms with Crippen LogP contribution in [0.25, 0.3) is 0 Å². The Kier molecular flexibility index (Phi) is 15.9. The van der Waals surface area contributed by atoms with E-state index in [1.807, 2.05) is 62.0 Å². The number of halogens is 2. The van der Waals surface area contributed by atoms with Crippen molar-refractivity contribution < 1.29 is 23.9 Å². The van der Waals surface area contributed by atoms with Crippen LogP contribution in [0.3, 0.4) is 0 Å². The number of rotatable bonds is 15. The zero-order chi connectivity index (χ0) is 48.8. The molecule has 4 aromatic rings. The molecule has 19 heteroatoms. The zero-order valence-electron chi connectivity index (χ0n) is 39.7. The largest absolute Gasteiger partial charge is 0.486 e. The summed E-state index contributed by atoms with van der Waals surface area (Å²) in [5, 5.41) is 8.53. The van der Waals surface area contributed by atoms with Crippen LogP contribution in [0.2, 0.25) is 10.0 Å². The molecular weight excluding hydrogens is 920 g/mol. The van der Waals surface area contributed by atoms with Gasteiger partial charge in [-0.05, 0) is 106 Å². The second-order valence-electron chi connectivity index (χ2n) is 19.1. The fourth-order valence-corrected chi connectivity index (χ4v) is 11.2. The Labute approximate surface area is 414 Å². The maximum atomic E-state index is 13.6. The first-order valence-electron chi connectivity index (χ1n) is 23.8. The summed E-state index contributed by atoms with van der Waals surface area (Å²) in [6.07, 6.45) is 8.46. The molecule has 0 bridgehead atoms. The van der Waals surface area contributed by atoms with Crippen LogP contribution in [0.1, 0.15) is 84.9 Å². The third-order valence-corrected chi connectivity index (χ3v) is 14.9. The van der Waals surface area contributed by atoms with Gasteiger partial charge in [0.05, 0.1) is 34.0 Å². The maximum Gasteiger partial charge on any atom is 0.236 e. The number of nitrogens with one attached hydrogen (secondary N) is 4.